The zero-order valence-electron chi connectivity index (χ0n) is 16.1. The van der Waals surface area contributed by atoms with Crippen LogP contribution in [0.1, 0.15) is 6.92 Å². The van der Waals surface area contributed by atoms with E-state index in [2.05, 4.69) is 15.3 Å². The normalized spacial score (nSPS) is 12.4. The summed E-state index contributed by atoms with van der Waals surface area (Å²) in [5, 5.41) is 10.2. The monoisotopic (exact) mass is 391 g/mol. The Kier molecular flexibility index (Phi) is 6.13. The minimum atomic E-state index is -1.15. The van der Waals surface area contributed by atoms with E-state index in [0.29, 0.717) is 11.3 Å². The molecule has 0 fully saturated rings. The number of nitrogens with one attached hydrogen (secondary N) is 2. The van der Waals surface area contributed by atoms with E-state index >= 15 is 0 Å². The summed E-state index contributed by atoms with van der Waals surface area (Å²) in [4.78, 5) is 33.1. The molecule has 29 heavy (non-hydrogen) atoms. The smallest absolute Gasteiger partial charge is 0.320 e. The van der Waals surface area contributed by atoms with Gasteiger partial charge in [0.2, 0.25) is 0 Å². The predicted molar refractivity (Wildman–Crippen MR) is 112 cm³/mol. The minimum Gasteiger partial charge on any atom is -0.465 e. The van der Waals surface area contributed by atoms with Crippen molar-refractivity contribution in [1.82, 2.24) is 9.38 Å². The quantitative estimate of drug-likeness (QED) is 0.477. The molecule has 0 spiro atoms. The number of hydrogen-bond acceptors (Lipinski definition) is 6. The molecule has 3 rings (SSSR count). The fourth-order valence-electron chi connectivity index (χ4n) is 2.88. The maximum Gasteiger partial charge on any atom is 0.320 e. The molecule has 1 unspecified atom stereocenters. The molecule has 0 bridgehead atoms. The van der Waals surface area contributed by atoms with Gasteiger partial charge in [-0.25, -0.2) is 4.98 Å². The molecule has 1 atom stereocenters. The third-order valence-corrected chi connectivity index (χ3v) is 4.26. The van der Waals surface area contributed by atoms with Crippen LogP contribution < -0.4 is 5.32 Å². The molecule has 2 heterocycles. The first kappa shape index (κ1) is 19.9. The van der Waals surface area contributed by atoms with Crippen LogP contribution in [0.15, 0.2) is 59.9 Å². The molecular weight excluding hydrogens is 370 g/mol. The highest BCUT2D eigenvalue weighted by molar-refractivity contribution is 6.49. The third-order valence-electron chi connectivity index (χ3n) is 4.26. The number of hydrogen-bond donors (Lipinski definition) is 2. The first-order valence-electron chi connectivity index (χ1n) is 9.06. The lowest BCUT2D eigenvalue weighted by molar-refractivity contribution is -0.143. The molecule has 8 nitrogen and oxygen atoms in total. The van der Waals surface area contributed by atoms with Gasteiger partial charge in [0.15, 0.2) is 0 Å². The summed E-state index contributed by atoms with van der Waals surface area (Å²) in [6, 6.07) is 13.2. The lowest BCUT2D eigenvalue weighted by Crippen LogP contribution is -2.36. The average Bonchev–Trinajstić information content (AvgIpc) is 3.16. The van der Waals surface area contributed by atoms with Gasteiger partial charge in [-0.2, -0.15) is 0 Å². The lowest BCUT2D eigenvalue weighted by atomic mass is 10.0. The standard InChI is InChI=1S/C21H21N5O3/c1-3-29-21(28)16(12-22)19(23-2)20(27)24-15-9-10-26-13-17(25-18(26)11-15)14-7-5-4-6-8-14/h4-13,16,22H,3H2,1-2H3,(H,24,27). The SMILES string of the molecule is CCOC(=O)C(C=N)C(=NC)C(=O)Nc1ccn2cc(-c3ccccc3)nc2c1. The molecule has 1 amide bonds. The fourth-order valence-corrected chi connectivity index (χ4v) is 2.88. The first-order valence-corrected chi connectivity index (χ1v) is 9.06. The predicted octanol–water partition coefficient (Wildman–Crippen LogP) is 2.84. The van der Waals surface area contributed by atoms with Gasteiger partial charge < -0.3 is 19.9 Å². The number of carbonyl (C=O) groups excluding carboxylic acids is 2. The van der Waals surface area contributed by atoms with E-state index in [1.165, 1.54) is 7.05 Å². The van der Waals surface area contributed by atoms with Crippen molar-refractivity contribution in [3.05, 3.63) is 54.9 Å². The van der Waals surface area contributed by atoms with Gasteiger partial charge in [-0.1, -0.05) is 30.3 Å². The van der Waals surface area contributed by atoms with Crippen molar-refractivity contribution in [2.24, 2.45) is 10.9 Å². The number of amides is 1. The summed E-state index contributed by atoms with van der Waals surface area (Å²) < 4.78 is 6.77. The van der Waals surface area contributed by atoms with Crippen LogP contribution in [0.5, 0.6) is 0 Å². The Labute approximate surface area is 167 Å². The number of ether oxygens (including phenoxy) is 1. The summed E-state index contributed by atoms with van der Waals surface area (Å²) in [5.74, 6) is -2.41. The van der Waals surface area contributed by atoms with Crippen molar-refractivity contribution < 1.29 is 14.3 Å². The van der Waals surface area contributed by atoms with E-state index in [9.17, 15) is 9.59 Å². The summed E-state index contributed by atoms with van der Waals surface area (Å²) in [7, 11) is 1.40. The number of rotatable bonds is 7. The van der Waals surface area contributed by atoms with E-state index in [0.717, 1.165) is 17.5 Å². The van der Waals surface area contributed by atoms with Crippen molar-refractivity contribution in [2.75, 3.05) is 19.0 Å². The highest BCUT2D eigenvalue weighted by Gasteiger charge is 2.28. The lowest BCUT2D eigenvalue weighted by Gasteiger charge is -2.13. The molecule has 8 heteroatoms. The fraction of sp³-hybridized carbons (Fsp3) is 0.190. The number of fused-ring (bicyclic) bond motifs is 1. The number of aliphatic imine (C=N–C) groups is 1. The summed E-state index contributed by atoms with van der Waals surface area (Å²) >= 11 is 0. The van der Waals surface area contributed by atoms with E-state index in [1.807, 2.05) is 40.9 Å². The van der Waals surface area contributed by atoms with Gasteiger partial charge in [0, 0.05) is 43.0 Å². The Bertz CT molecular complexity index is 1070. The van der Waals surface area contributed by atoms with Crippen molar-refractivity contribution in [3.63, 3.8) is 0 Å². The number of nitrogens with zero attached hydrogens (tertiary/aromatic N) is 3. The summed E-state index contributed by atoms with van der Waals surface area (Å²) in [6.45, 7) is 1.81. The highest BCUT2D eigenvalue weighted by atomic mass is 16.5. The van der Waals surface area contributed by atoms with E-state index in [4.69, 9.17) is 10.1 Å². The second-order valence-electron chi connectivity index (χ2n) is 6.13. The van der Waals surface area contributed by atoms with E-state index in [-0.39, 0.29) is 12.3 Å². The van der Waals surface area contributed by atoms with Gasteiger partial charge in [-0.15, -0.1) is 0 Å². The Hall–Kier alpha value is -3.81. The van der Waals surface area contributed by atoms with Gasteiger partial charge in [0.1, 0.15) is 17.3 Å². The Morgan fingerprint density at radius 1 is 1.31 bits per heavy atom. The number of anilines is 1. The van der Waals surface area contributed by atoms with Crippen molar-refractivity contribution in [1.29, 1.82) is 5.41 Å². The third kappa shape index (κ3) is 4.37. The number of carbonyl (C=O) groups is 2. The molecule has 2 aromatic heterocycles. The molecule has 148 valence electrons. The number of imidazole rings is 1. The van der Waals surface area contributed by atoms with Crippen LogP contribution in [0.3, 0.4) is 0 Å². The maximum absolute atomic E-state index is 12.6. The number of aromatic nitrogens is 2. The van der Waals surface area contributed by atoms with Gasteiger partial charge in [-0.05, 0) is 13.0 Å². The molecule has 2 N–H and O–H groups in total. The zero-order valence-corrected chi connectivity index (χ0v) is 16.1. The molecule has 3 aromatic rings. The molecule has 0 saturated heterocycles. The highest BCUT2D eigenvalue weighted by Crippen LogP contribution is 2.20. The Balaban J connectivity index is 1.82. The molecular formula is C21H21N5O3. The number of esters is 1. The van der Waals surface area contributed by atoms with Crippen molar-refractivity contribution in [3.8, 4) is 11.3 Å². The van der Waals surface area contributed by atoms with Crippen LogP contribution in [0.25, 0.3) is 16.9 Å². The van der Waals surface area contributed by atoms with Gasteiger partial charge in [0.05, 0.1) is 12.3 Å². The molecule has 0 saturated carbocycles. The van der Waals surface area contributed by atoms with Crippen molar-refractivity contribution in [2.45, 2.75) is 6.92 Å². The Morgan fingerprint density at radius 3 is 2.72 bits per heavy atom. The van der Waals surface area contributed by atoms with Crippen LogP contribution in [-0.4, -0.2) is 46.8 Å². The van der Waals surface area contributed by atoms with E-state index in [1.54, 1.807) is 25.3 Å². The summed E-state index contributed by atoms with van der Waals surface area (Å²) in [5.41, 5.74) is 2.88. The zero-order chi connectivity index (χ0) is 20.8. The largest absolute Gasteiger partial charge is 0.465 e. The summed E-state index contributed by atoms with van der Waals surface area (Å²) in [6.07, 6.45) is 4.54. The van der Waals surface area contributed by atoms with E-state index < -0.39 is 17.8 Å². The molecule has 0 aliphatic rings. The first-order chi connectivity index (χ1) is 14.1. The van der Waals surface area contributed by atoms with Crippen LogP contribution in [-0.2, 0) is 14.3 Å². The van der Waals surface area contributed by atoms with Gasteiger partial charge in [0.25, 0.3) is 5.91 Å². The van der Waals surface area contributed by atoms with Gasteiger partial charge >= 0.3 is 5.97 Å². The molecule has 0 radical (unpaired) electrons. The Morgan fingerprint density at radius 2 is 2.07 bits per heavy atom. The van der Waals surface area contributed by atoms with Crippen LogP contribution >= 0.6 is 0 Å². The second kappa shape index (κ2) is 8.92. The van der Waals surface area contributed by atoms with Crippen LogP contribution in [0.4, 0.5) is 5.69 Å². The maximum atomic E-state index is 12.6. The van der Waals surface area contributed by atoms with Crippen molar-refractivity contribution >= 4 is 35.1 Å². The molecule has 0 aliphatic heterocycles. The average molecular weight is 391 g/mol. The van der Waals surface area contributed by atoms with Crippen LogP contribution in [0, 0.1) is 11.3 Å². The van der Waals surface area contributed by atoms with Crippen LogP contribution in [0.2, 0.25) is 0 Å². The molecule has 1 aromatic carbocycles. The number of pyridine rings is 1. The van der Waals surface area contributed by atoms with Gasteiger partial charge in [-0.3, -0.25) is 14.6 Å². The number of benzene rings is 1. The minimum absolute atomic E-state index is 0.0911. The second-order valence-corrected chi connectivity index (χ2v) is 6.13. The topological polar surface area (TPSA) is 109 Å². The molecule has 0 aliphatic carbocycles.